The molecule has 0 amide bonds. The Bertz CT molecular complexity index is 387. The minimum atomic E-state index is -0.883. The summed E-state index contributed by atoms with van der Waals surface area (Å²) in [6.45, 7) is 0. The second kappa shape index (κ2) is 5.31. The number of azide groups is 1. The number of ether oxygens (including phenoxy) is 2. The van der Waals surface area contributed by atoms with Crippen molar-refractivity contribution in [1.82, 2.24) is 0 Å². The molecule has 0 saturated heterocycles. The lowest BCUT2D eigenvalue weighted by atomic mass is 10.1. The predicted octanol–water partition coefficient (Wildman–Crippen LogP) is 3.06. The van der Waals surface area contributed by atoms with Crippen molar-refractivity contribution in [3.05, 3.63) is 40.0 Å². The number of benzene rings is 1. The first kappa shape index (κ1) is 11.5. The van der Waals surface area contributed by atoms with Crippen LogP contribution in [0.2, 0.25) is 0 Å². The van der Waals surface area contributed by atoms with Crippen molar-refractivity contribution in [2.45, 2.75) is 6.29 Å². The van der Waals surface area contributed by atoms with Gasteiger partial charge in [-0.1, -0.05) is 17.2 Å². The van der Waals surface area contributed by atoms with Crippen molar-refractivity contribution >= 4 is 5.69 Å². The molecule has 0 unspecified atom stereocenters. The van der Waals surface area contributed by atoms with Gasteiger partial charge in [-0.3, -0.25) is 0 Å². The molecule has 0 N–H and O–H groups in total. The maximum absolute atomic E-state index is 13.5. The highest BCUT2D eigenvalue weighted by Crippen LogP contribution is 2.30. The van der Waals surface area contributed by atoms with E-state index in [2.05, 4.69) is 10.0 Å². The highest BCUT2D eigenvalue weighted by Gasteiger charge is 2.17. The summed E-state index contributed by atoms with van der Waals surface area (Å²) in [5.41, 5.74) is 8.57. The quantitative estimate of drug-likeness (QED) is 0.332. The van der Waals surface area contributed by atoms with E-state index < -0.39 is 12.1 Å². The number of rotatable bonds is 4. The van der Waals surface area contributed by atoms with Crippen LogP contribution in [0.15, 0.2) is 23.3 Å². The normalized spacial score (nSPS) is 10.1. The second-order valence-electron chi connectivity index (χ2n) is 2.67. The van der Waals surface area contributed by atoms with Gasteiger partial charge in [-0.25, -0.2) is 4.39 Å². The van der Waals surface area contributed by atoms with Crippen LogP contribution in [0.4, 0.5) is 10.1 Å². The largest absolute Gasteiger partial charge is 0.352 e. The molecule has 1 rings (SSSR count). The third kappa shape index (κ3) is 2.44. The monoisotopic (exact) mass is 211 g/mol. The SMILES string of the molecule is COC(OC)c1c(F)cccc1N=[N+]=[N-]. The average Bonchev–Trinajstić information content (AvgIpc) is 2.24. The van der Waals surface area contributed by atoms with Crippen molar-refractivity contribution in [1.29, 1.82) is 0 Å². The van der Waals surface area contributed by atoms with E-state index in [9.17, 15) is 4.39 Å². The summed E-state index contributed by atoms with van der Waals surface area (Å²) in [6, 6.07) is 4.19. The Hall–Kier alpha value is -1.62. The molecule has 15 heavy (non-hydrogen) atoms. The fraction of sp³-hybridized carbons (Fsp3) is 0.333. The van der Waals surface area contributed by atoms with Crippen LogP contribution >= 0.6 is 0 Å². The molecular weight excluding hydrogens is 201 g/mol. The molecule has 0 aliphatic rings. The average molecular weight is 211 g/mol. The van der Waals surface area contributed by atoms with Gasteiger partial charge in [0.2, 0.25) is 0 Å². The molecule has 80 valence electrons. The minimum absolute atomic E-state index is 0.0975. The summed E-state index contributed by atoms with van der Waals surface area (Å²) in [5.74, 6) is -0.534. The molecule has 0 aromatic heterocycles. The maximum Gasteiger partial charge on any atom is 0.186 e. The van der Waals surface area contributed by atoms with Crippen molar-refractivity contribution < 1.29 is 13.9 Å². The lowest BCUT2D eigenvalue weighted by molar-refractivity contribution is -0.107. The number of methoxy groups -OCH3 is 2. The highest BCUT2D eigenvalue weighted by molar-refractivity contribution is 5.47. The fourth-order valence-electron chi connectivity index (χ4n) is 1.23. The Labute approximate surface area is 86.1 Å². The van der Waals surface area contributed by atoms with Crippen molar-refractivity contribution in [2.24, 2.45) is 5.11 Å². The predicted molar refractivity (Wildman–Crippen MR) is 52.0 cm³/mol. The van der Waals surface area contributed by atoms with Crippen LogP contribution in [-0.4, -0.2) is 14.2 Å². The van der Waals surface area contributed by atoms with E-state index in [-0.39, 0.29) is 11.3 Å². The van der Waals surface area contributed by atoms with E-state index in [0.717, 1.165) is 0 Å². The van der Waals surface area contributed by atoms with Gasteiger partial charge in [0.05, 0.1) is 5.56 Å². The molecule has 0 radical (unpaired) electrons. The van der Waals surface area contributed by atoms with Gasteiger partial charge in [0.1, 0.15) is 5.82 Å². The summed E-state index contributed by atoms with van der Waals surface area (Å²) in [5, 5.41) is 3.36. The summed E-state index contributed by atoms with van der Waals surface area (Å²) >= 11 is 0. The molecule has 0 spiro atoms. The van der Waals surface area contributed by atoms with E-state index in [0.29, 0.717) is 0 Å². The second-order valence-corrected chi connectivity index (χ2v) is 2.67. The smallest absolute Gasteiger partial charge is 0.186 e. The van der Waals surface area contributed by atoms with Gasteiger partial charge in [-0.15, -0.1) is 0 Å². The summed E-state index contributed by atoms with van der Waals surface area (Å²) in [6.07, 6.45) is -0.883. The van der Waals surface area contributed by atoms with Gasteiger partial charge in [0, 0.05) is 24.8 Å². The molecule has 6 heteroatoms. The summed E-state index contributed by atoms with van der Waals surface area (Å²) in [4.78, 5) is 2.61. The number of halogens is 1. The molecule has 1 aromatic carbocycles. The molecule has 0 aliphatic carbocycles. The minimum Gasteiger partial charge on any atom is -0.352 e. The van der Waals surface area contributed by atoms with Gasteiger partial charge in [0.25, 0.3) is 0 Å². The van der Waals surface area contributed by atoms with Crippen LogP contribution in [0.1, 0.15) is 11.9 Å². The van der Waals surface area contributed by atoms with E-state index in [4.69, 9.17) is 15.0 Å². The van der Waals surface area contributed by atoms with Crippen molar-refractivity contribution in [2.75, 3.05) is 14.2 Å². The zero-order valence-electron chi connectivity index (χ0n) is 8.35. The van der Waals surface area contributed by atoms with Crippen LogP contribution in [0.3, 0.4) is 0 Å². The third-order valence-corrected chi connectivity index (χ3v) is 1.85. The first-order valence-corrected chi connectivity index (χ1v) is 4.13. The van der Waals surface area contributed by atoms with E-state index in [1.54, 1.807) is 0 Å². The van der Waals surface area contributed by atoms with E-state index in [1.807, 2.05) is 0 Å². The van der Waals surface area contributed by atoms with Crippen molar-refractivity contribution in [3.63, 3.8) is 0 Å². The number of nitrogens with zero attached hydrogens (tertiary/aromatic N) is 3. The number of hydrogen-bond acceptors (Lipinski definition) is 3. The van der Waals surface area contributed by atoms with E-state index >= 15 is 0 Å². The molecule has 0 bridgehead atoms. The van der Waals surface area contributed by atoms with Crippen LogP contribution in [0, 0.1) is 5.82 Å². The molecule has 0 aliphatic heterocycles. The van der Waals surface area contributed by atoms with Gasteiger partial charge in [-0.05, 0) is 11.6 Å². The Morgan fingerprint density at radius 2 is 2.07 bits per heavy atom. The molecule has 0 heterocycles. The lowest BCUT2D eigenvalue weighted by Gasteiger charge is -2.16. The van der Waals surface area contributed by atoms with Crippen LogP contribution in [-0.2, 0) is 9.47 Å². The lowest BCUT2D eigenvalue weighted by Crippen LogP contribution is -2.06. The van der Waals surface area contributed by atoms with Crippen LogP contribution in [0.25, 0.3) is 10.4 Å². The Balaban J connectivity index is 3.28. The fourth-order valence-corrected chi connectivity index (χ4v) is 1.23. The first-order chi connectivity index (χ1) is 7.24. The summed E-state index contributed by atoms with van der Waals surface area (Å²) in [7, 11) is 2.75. The molecule has 0 saturated carbocycles. The zero-order chi connectivity index (χ0) is 11.3. The topological polar surface area (TPSA) is 67.2 Å². The van der Waals surface area contributed by atoms with E-state index in [1.165, 1.54) is 32.4 Å². The third-order valence-electron chi connectivity index (χ3n) is 1.85. The van der Waals surface area contributed by atoms with Gasteiger partial charge in [-0.2, -0.15) is 0 Å². The Kier molecular flexibility index (Phi) is 4.05. The van der Waals surface area contributed by atoms with Gasteiger partial charge >= 0.3 is 0 Å². The molecule has 5 nitrogen and oxygen atoms in total. The van der Waals surface area contributed by atoms with Gasteiger partial charge in [0.15, 0.2) is 6.29 Å². The Morgan fingerprint density at radius 1 is 1.40 bits per heavy atom. The molecule has 0 fully saturated rings. The van der Waals surface area contributed by atoms with Crippen molar-refractivity contribution in [3.8, 4) is 0 Å². The maximum atomic E-state index is 13.5. The number of hydrogen-bond donors (Lipinski definition) is 0. The van der Waals surface area contributed by atoms with Crippen LogP contribution < -0.4 is 0 Å². The molecule has 1 aromatic rings. The zero-order valence-corrected chi connectivity index (χ0v) is 8.35. The molecular formula is C9H10FN3O2. The summed E-state index contributed by atoms with van der Waals surface area (Å²) < 4.78 is 23.3. The highest BCUT2D eigenvalue weighted by atomic mass is 19.1. The first-order valence-electron chi connectivity index (χ1n) is 4.13. The van der Waals surface area contributed by atoms with Crippen LogP contribution in [0.5, 0.6) is 0 Å². The standard InChI is InChI=1S/C9H10FN3O2/c1-14-9(15-2)8-6(10)4-3-5-7(8)12-13-11/h3-5,9H,1-2H3. The Morgan fingerprint density at radius 3 is 2.60 bits per heavy atom. The van der Waals surface area contributed by atoms with Gasteiger partial charge < -0.3 is 9.47 Å². The molecule has 0 atom stereocenters.